The molecule has 2 aromatic carbocycles. The van der Waals surface area contributed by atoms with E-state index in [2.05, 4.69) is 5.32 Å². The number of methoxy groups -OCH3 is 1. The molecule has 0 aliphatic carbocycles. The second-order valence-corrected chi connectivity index (χ2v) is 6.66. The maximum absolute atomic E-state index is 12.7. The number of ether oxygens (including phenoxy) is 2. The third-order valence-electron chi connectivity index (χ3n) is 4.55. The molecule has 6 heteroatoms. The maximum Gasteiger partial charge on any atom is 0.255 e. The number of hydrogen-bond acceptors (Lipinski definition) is 5. The van der Waals surface area contributed by atoms with Gasteiger partial charge in [-0.25, -0.2) is 0 Å². The number of aliphatic hydroxyl groups excluding tert-OH is 1. The van der Waals surface area contributed by atoms with E-state index in [-0.39, 0.29) is 18.6 Å². The number of benzene rings is 2. The summed E-state index contributed by atoms with van der Waals surface area (Å²) in [6, 6.07) is 15.9. The summed E-state index contributed by atoms with van der Waals surface area (Å²) in [5.41, 5.74) is 1.83. The Morgan fingerprint density at radius 1 is 1.17 bits per heavy atom. The first-order valence-electron chi connectivity index (χ1n) is 9.50. The molecule has 152 valence electrons. The van der Waals surface area contributed by atoms with Gasteiger partial charge >= 0.3 is 0 Å². The van der Waals surface area contributed by atoms with Crippen LogP contribution in [0.5, 0.6) is 11.5 Å². The number of furan rings is 1. The van der Waals surface area contributed by atoms with E-state index in [4.69, 9.17) is 13.9 Å². The second-order valence-electron chi connectivity index (χ2n) is 6.66. The van der Waals surface area contributed by atoms with Crippen molar-refractivity contribution in [3.05, 3.63) is 65.9 Å². The summed E-state index contributed by atoms with van der Waals surface area (Å²) < 4.78 is 16.8. The summed E-state index contributed by atoms with van der Waals surface area (Å²) in [5.74, 6) is 2.03. The van der Waals surface area contributed by atoms with Crippen LogP contribution in [0.4, 0.5) is 5.69 Å². The average Bonchev–Trinajstić information content (AvgIpc) is 3.22. The molecule has 6 nitrogen and oxygen atoms in total. The molecule has 0 spiro atoms. The van der Waals surface area contributed by atoms with E-state index < -0.39 is 0 Å². The highest BCUT2D eigenvalue weighted by Crippen LogP contribution is 2.33. The average molecular weight is 395 g/mol. The SMILES string of the molecule is CCC(C)Oc1cccc(C(=O)Nc2ccc(-c3ccc(CO)o3)c(OC)c2)c1. The molecule has 29 heavy (non-hydrogen) atoms. The Hall–Kier alpha value is -3.25. The minimum atomic E-state index is -0.241. The van der Waals surface area contributed by atoms with Gasteiger partial charge in [0.15, 0.2) is 0 Å². The lowest BCUT2D eigenvalue weighted by Gasteiger charge is -2.14. The summed E-state index contributed by atoms with van der Waals surface area (Å²) in [5, 5.41) is 12.1. The van der Waals surface area contributed by atoms with Crippen LogP contribution in [0.15, 0.2) is 59.0 Å². The minimum absolute atomic E-state index is 0.0815. The van der Waals surface area contributed by atoms with Crippen molar-refractivity contribution in [1.82, 2.24) is 0 Å². The van der Waals surface area contributed by atoms with E-state index in [0.29, 0.717) is 34.3 Å². The summed E-state index contributed by atoms with van der Waals surface area (Å²) in [4.78, 5) is 12.7. The van der Waals surface area contributed by atoms with Crippen molar-refractivity contribution >= 4 is 11.6 Å². The van der Waals surface area contributed by atoms with E-state index in [1.54, 1.807) is 55.6 Å². The zero-order chi connectivity index (χ0) is 20.8. The van der Waals surface area contributed by atoms with E-state index in [0.717, 1.165) is 12.0 Å². The lowest BCUT2D eigenvalue weighted by molar-refractivity contribution is 0.102. The summed E-state index contributed by atoms with van der Waals surface area (Å²) >= 11 is 0. The first kappa shape index (κ1) is 20.5. The van der Waals surface area contributed by atoms with Crippen LogP contribution in [-0.4, -0.2) is 24.2 Å². The molecule has 0 aliphatic heterocycles. The van der Waals surface area contributed by atoms with Gasteiger partial charge in [0.1, 0.15) is 29.6 Å². The van der Waals surface area contributed by atoms with Crippen LogP contribution in [0.1, 0.15) is 36.4 Å². The number of hydrogen-bond donors (Lipinski definition) is 2. The molecule has 0 saturated carbocycles. The Labute approximate surface area is 170 Å². The van der Waals surface area contributed by atoms with E-state index >= 15 is 0 Å². The molecule has 0 fully saturated rings. The Bertz CT molecular complexity index is 979. The first-order chi connectivity index (χ1) is 14.0. The predicted molar refractivity (Wildman–Crippen MR) is 111 cm³/mol. The van der Waals surface area contributed by atoms with Gasteiger partial charge in [0, 0.05) is 17.3 Å². The van der Waals surface area contributed by atoms with Crippen LogP contribution in [0.2, 0.25) is 0 Å². The van der Waals surface area contributed by atoms with Crippen LogP contribution >= 0.6 is 0 Å². The van der Waals surface area contributed by atoms with Gasteiger partial charge in [0.25, 0.3) is 5.91 Å². The standard InChI is InChI=1S/C23H25NO5/c1-4-15(2)28-18-7-5-6-16(12-18)23(26)24-17-8-10-20(22(13-17)27-3)21-11-9-19(14-25)29-21/h5-13,15,25H,4,14H2,1-3H3,(H,24,26). The van der Waals surface area contributed by atoms with Crippen LogP contribution in [0, 0.1) is 0 Å². The van der Waals surface area contributed by atoms with Crippen LogP contribution in [0.25, 0.3) is 11.3 Å². The number of carbonyl (C=O) groups excluding carboxylic acids is 1. The number of nitrogens with one attached hydrogen (secondary N) is 1. The lowest BCUT2D eigenvalue weighted by Crippen LogP contribution is -2.13. The van der Waals surface area contributed by atoms with Crippen molar-refractivity contribution in [2.45, 2.75) is 33.0 Å². The van der Waals surface area contributed by atoms with E-state index in [1.165, 1.54) is 0 Å². The number of aliphatic hydroxyl groups is 1. The highest BCUT2D eigenvalue weighted by molar-refractivity contribution is 6.04. The number of amides is 1. The zero-order valence-electron chi connectivity index (χ0n) is 16.8. The monoisotopic (exact) mass is 395 g/mol. The third-order valence-corrected chi connectivity index (χ3v) is 4.55. The second kappa shape index (κ2) is 9.30. The fourth-order valence-electron chi connectivity index (χ4n) is 2.81. The van der Waals surface area contributed by atoms with E-state index in [9.17, 15) is 9.90 Å². The van der Waals surface area contributed by atoms with Crippen molar-refractivity contribution in [3.8, 4) is 22.8 Å². The molecular weight excluding hydrogens is 370 g/mol. The number of carbonyl (C=O) groups is 1. The Morgan fingerprint density at radius 3 is 2.69 bits per heavy atom. The van der Waals surface area contributed by atoms with Gasteiger partial charge in [-0.05, 0) is 55.8 Å². The van der Waals surface area contributed by atoms with E-state index in [1.807, 2.05) is 19.9 Å². The Kier molecular flexibility index (Phi) is 6.57. The Morgan fingerprint density at radius 2 is 2.00 bits per heavy atom. The third kappa shape index (κ3) is 4.97. The predicted octanol–water partition coefficient (Wildman–Crippen LogP) is 4.88. The molecule has 0 aliphatic rings. The van der Waals surface area contributed by atoms with Gasteiger partial charge in [-0.15, -0.1) is 0 Å². The molecule has 2 N–H and O–H groups in total. The quantitative estimate of drug-likeness (QED) is 0.568. The molecule has 1 heterocycles. The highest BCUT2D eigenvalue weighted by Gasteiger charge is 2.14. The van der Waals surface area contributed by atoms with Gasteiger partial charge in [0.05, 0.1) is 18.8 Å². The summed E-state index contributed by atoms with van der Waals surface area (Å²) in [6.07, 6.45) is 0.968. The number of rotatable bonds is 8. The van der Waals surface area contributed by atoms with Crippen molar-refractivity contribution in [1.29, 1.82) is 0 Å². The Balaban J connectivity index is 1.78. The minimum Gasteiger partial charge on any atom is -0.496 e. The maximum atomic E-state index is 12.7. The molecule has 1 unspecified atom stereocenters. The van der Waals surface area contributed by atoms with Crippen molar-refractivity contribution in [3.63, 3.8) is 0 Å². The first-order valence-corrected chi connectivity index (χ1v) is 9.50. The van der Waals surface area contributed by atoms with Crippen molar-refractivity contribution in [2.24, 2.45) is 0 Å². The fourth-order valence-corrected chi connectivity index (χ4v) is 2.81. The van der Waals surface area contributed by atoms with Gasteiger partial charge in [-0.2, -0.15) is 0 Å². The molecule has 1 aromatic heterocycles. The molecule has 3 aromatic rings. The smallest absolute Gasteiger partial charge is 0.255 e. The van der Waals surface area contributed by atoms with Crippen LogP contribution < -0.4 is 14.8 Å². The fraction of sp³-hybridized carbons (Fsp3) is 0.261. The van der Waals surface area contributed by atoms with Gasteiger partial charge in [-0.3, -0.25) is 4.79 Å². The van der Waals surface area contributed by atoms with Crippen molar-refractivity contribution in [2.75, 3.05) is 12.4 Å². The number of anilines is 1. The zero-order valence-corrected chi connectivity index (χ0v) is 16.8. The normalized spacial score (nSPS) is 11.7. The van der Waals surface area contributed by atoms with Gasteiger partial charge in [-0.1, -0.05) is 13.0 Å². The van der Waals surface area contributed by atoms with Crippen molar-refractivity contribution < 1.29 is 23.8 Å². The molecule has 0 bridgehead atoms. The molecular formula is C23H25NO5. The highest BCUT2D eigenvalue weighted by atomic mass is 16.5. The van der Waals surface area contributed by atoms with Crippen LogP contribution in [0.3, 0.4) is 0 Å². The van der Waals surface area contributed by atoms with Gasteiger partial charge in [0.2, 0.25) is 0 Å². The van der Waals surface area contributed by atoms with Crippen LogP contribution in [-0.2, 0) is 6.61 Å². The molecule has 0 radical (unpaired) electrons. The summed E-state index contributed by atoms with van der Waals surface area (Å²) in [7, 11) is 1.55. The molecule has 0 saturated heterocycles. The summed E-state index contributed by atoms with van der Waals surface area (Å²) in [6.45, 7) is 3.87. The topological polar surface area (TPSA) is 80.9 Å². The largest absolute Gasteiger partial charge is 0.496 e. The molecule has 3 rings (SSSR count). The lowest BCUT2D eigenvalue weighted by atomic mass is 10.1. The molecule has 1 atom stereocenters. The molecule has 1 amide bonds. The van der Waals surface area contributed by atoms with Gasteiger partial charge < -0.3 is 24.3 Å².